The SMILES string of the molecule is Cc1cc(Cl)ccc1NC(=O)CCCCBr. The number of amides is 1. The number of hydrogen-bond acceptors (Lipinski definition) is 1. The second-order valence-corrected chi connectivity index (χ2v) is 4.88. The van der Waals surface area contributed by atoms with E-state index >= 15 is 0 Å². The van der Waals surface area contributed by atoms with Gasteiger partial charge >= 0.3 is 0 Å². The summed E-state index contributed by atoms with van der Waals surface area (Å²) in [7, 11) is 0. The lowest BCUT2D eigenvalue weighted by atomic mass is 10.2. The molecule has 0 heterocycles. The fourth-order valence-electron chi connectivity index (χ4n) is 1.36. The molecule has 0 spiro atoms. The van der Waals surface area contributed by atoms with Crippen molar-refractivity contribution < 1.29 is 4.79 Å². The Morgan fingerprint density at radius 3 is 2.81 bits per heavy atom. The summed E-state index contributed by atoms with van der Waals surface area (Å²) in [6.45, 7) is 1.93. The summed E-state index contributed by atoms with van der Waals surface area (Å²) in [5.74, 6) is 0.0615. The minimum Gasteiger partial charge on any atom is -0.326 e. The smallest absolute Gasteiger partial charge is 0.224 e. The number of carbonyl (C=O) groups excluding carboxylic acids is 1. The van der Waals surface area contributed by atoms with Gasteiger partial charge in [0.15, 0.2) is 0 Å². The van der Waals surface area contributed by atoms with E-state index in [2.05, 4.69) is 21.2 Å². The van der Waals surface area contributed by atoms with Gasteiger partial charge in [-0.2, -0.15) is 0 Å². The van der Waals surface area contributed by atoms with E-state index in [0.717, 1.165) is 29.4 Å². The molecule has 1 aromatic rings. The Morgan fingerprint density at radius 2 is 2.19 bits per heavy atom. The van der Waals surface area contributed by atoms with Gasteiger partial charge in [0.2, 0.25) is 5.91 Å². The average molecular weight is 305 g/mol. The molecule has 0 bridgehead atoms. The number of nitrogens with one attached hydrogen (secondary N) is 1. The van der Waals surface area contributed by atoms with Crippen LogP contribution in [0.15, 0.2) is 18.2 Å². The van der Waals surface area contributed by atoms with Crippen LogP contribution in [0.4, 0.5) is 5.69 Å². The predicted octanol–water partition coefficient (Wildman–Crippen LogP) is 4.15. The summed E-state index contributed by atoms with van der Waals surface area (Å²) in [5.41, 5.74) is 1.83. The van der Waals surface area contributed by atoms with E-state index in [4.69, 9.17) is 11.6 Å². The summed E-state index contributed by atoms with van der Waals surface area (Å²) in [6, 6.07) is 5.46. The van der Waals surface area contributed by atoms with Crippen molar-refractivity contribution in [3.63, 3.8) is 0 Å². The largest absolute Gasteiger partial charge is 0.326 e. The Bertz CT molecular complexity index is 368. The van der Waals surface area contributed by atoms with Crippen molar-refractivity contribution in [2.45, 2.75) is 26.2 Å². The number of rotatable bonds is 5. The van der Waals surface area contributed by atoms with Gasteiger partial charge in [-0.05, 0) is 43.5 Å². The number of benzene rings is 1. The van der Waals surface area contributed by atoms with Gasteiger partial charge in [-0.1, -0.05) is 27.5 Å². The molecule has 88 valence electrons. The van der Waals surface area contributed by atoms with Crippen LogP contribution in [0.2, 0.25) is 5.02 Å². The van der Waals surface area contributed by atoms with Crippen LogP contribution in [0.25, 0.3) is 0 Å². The zero-order chi connectivity index (χ0) is 12.0. The highest BCUT2D eigenvalue weighted by Gasteiger charge is 2.04. The summed E-state index contributed by atoms with van der Waals surface area (Å²) >= 11 is 9.18. The lowest BCUT2D eigenvalue weighted by Crippen LogP contribution is -2.12. The molecule has 0 aliphatic carbocycles. The van der Waals surface area contributed by atoms with Crippen LogP contribution >= 0.6 is 27.5 Å². The minimum absolute atomic E-state index is 0.0615. The van der Waals surface area contributed by atoms with Gasteiger partial charge in [0, 0.05) is 22.5 Å². The Balaban J connectivity index is 2.49. The van der Waals surface area contributed by atoms with Gasteiger partial charge in [0.05, 0.1) is 0 Å². The van der Waals surface area contributed by atoms with E-state index in [9.17, 15) is 4.79 Å². The molecule has 0 unspecified atom stereocenters. The number of halogens is 2. The maximum Gasteiger partial charge on any atom is 0.224 e. The molecule has 0 fully saturated rings. The first-order chi connectivity index (χ1) is 7.63. The fourth-order valence-corrected chi connectivity index (χ4v) is 1.98. The van der Waals surface area contributed by atoms with Crippen molar-refractivity contribution >= 4 is 39.1 Å². The maximum atomic E-state index is 11.6. The Hall–Kier alpha value is -0.540. The molecule has 4 heteroatoms. The van der Waals surface area contributed by atoms with E-state index < -0.39 is 0 Å². The third-order valence-electron chi connectivity index (χ3n) is 2.25. The lowest BCUT2D eigenvalue weighted by Gasteiger charge is -2.08. The molecule has 0 saturated carbocycles. The Labute approximate surface area is 110 Å². The van der Waals surface area contributed by atoms with Crippen molar-refractivity contribution in [2.75, 3.05) is 10.6 Å². The third kappa shape index (κ3) is 4.54. The van der Waals surface area contributed by atoms with Gasteiger partial charge in [0.1, 0.15) is 0 Å². The van der Waals surface area contributed by atoms with E-state index in [1.165, 1.54) is 0 Å². The number of alkyl halides is 1. The number of unbranched alkanes of at least 4 members (excludes halogenated alkanes) is 1. The first-order valence-corrected chi connectivity index (χ1v) is 6.75. The topological polar surface area (TPSA) is 29.1 Å². The predicted molar refractivity (Wildman–Crippen MR) is 72.5 cm³/mol. The van der Waals surface area contributed by atoms with Gasteiger partial charge < -0.3 is 5.32 Å². The van der Waals surface area contributed by atoms with Gasteiger partial charge in [-0.15, -0.1) is 0 Å². The molecule has 1 aromatic carbocycles. The molecule has 16 heavy (non-hydrogen) atoms. The summed E-state index contributed by atoms with van der Waals surface area (Å²) < 4.78 is 0. The van der Waals surface area contributed by atoms with Crippen LogP contribution < -0.4 is 5.32 Å². The first kappa shape index (κ1) is 13.5. The number of hydrogen-bond donors (Lipinski definition) is 1. The van der Waals surface area contributed by atoms with Crippen LogP contribution in [-0.2, 0) is 4.79 Å². The molecular formula is C12H15BrClNO. The molecule has 0 atom stereocenters. The normalized spacial score (nSPS) is 10.2. The summed E-state index contributed by atoms with van der Waals surface area (Å²) in [6.07, 6.45) is 2.49. The quantitative estimate of drug-likeness (QED) is 0.642. The van der Waals surface area contributed by atoms with Crippen molar-refractivity contribution in [2.24, 2.45) is 0 Å². The van der Waals surface area contributed by atoms with Gasteiger partial charge in [0.25, 0.3) is 0 Å². The maximum absolute atomic E-state index is 11.6. The van der Waals surface area contributed by atoms with E-state index in [1.807, 2.05) is 19.1 Å². The van der Waals surface area contributed by atoms with Crippen LogP contribution in [0, 0.1) is 6.92 Å². The highest BCUT2D eigenvalue weighted by molar-refractivity contribution is 9.09. The Morgan fingerprint density at radius 1 is 1.44 bits per heavy atom. The molecule has 0 aromatic heterocycles. The highest BCUT2D eigenvalue weighted by atomic mass is 79.9. The zero-order valence-corrected chi connectivity index (χ0v) is 11.6. The van der Waals surface area contributed by atoms with Crippen molar-refractivity contribution in [3.05, 3.63) is 28.8 Å². The third-order valence-corrected chi connectivity index (χ3v) is 3.05. The summed E-state index contributed by atoms with van der Waals surface area (Å²) in [5, 5.41) is 4.52. The van der Waals surface area contributed by atoms with Crippen molar-refractivity contribution in [1.29, 1.82) is 0 Å². The van der Waals surface area contributed by atoms with Gasteiger partial charge in [-0.25, -0.2) is 0 Å². The van der Waals surface area contributed by atoms with E-state index in [0.29, 0.717) is 11.4 Å². The molecule has 0 radical (unpaired) electrons. The Kier molecular flexibility index (Phi) is 5.85. The van der Waals surface area contributed by atoms with Crippen LogP contribution in [-0.4, -0.2) is 11.2 Å². The van der Waals surface area contributed by atoms with Crippen LogP contribution in [0.5, 0.6) is 0 Å². The van der Waals surface area contributed by atoms with Gasteiger partial charge in [-0.3, -0.25) is 4.79 Å². The first-order valence-electron chi connectivity index (χ1n) is 5.25. The molecule has 0 saturated heterocycles. The fraction of sp³-hybridized carbons (Fsp3) is 0.417. The minimum atomic E-state index is 0.0615. The molecule has 1 amide bonds. The number of anilines is 1. The number of carbonyl (C=O) groups is 1. The lowest BCUT2D eigenvalue weighted by molar-refractivity contribution is -0.116. The molecular weight excluding hydrogens is 289 g/mol. The highest BCUT2D eigenvalue weighted by Crippen LogP contribution is 2.19. The zero-order valence-electron chi connectivity index (χ0n) is 9.22. The van der Waals surface area contributed by atoms with Crippen LogP contribution in [0.3, 0.4) is 0 Å². The molecule has 2 nitrogen and oxygen atoms in total. The monoisotopic (exact) mass is 303 g/mol. The van der Waals surface area contributed by atoms with Crippen molar-refractivity contribution in [1.82, 2.24) is 0 Å². The average Bonchev–Trinajstić information content (AvgIpc) is 2.23. The van der Waals surface area contributed by atoms with E-state index in [-0.39, 0.29) is 5.91 Å². The summed E-state index contributed by atoms with van der Waals surface area (Å²) in [4.78, 5) is 11.6. The number of aryl methyl sites for hydroxylation is 1. The van der Waals surface area contributed by atoms with Crippen LogP contribution in [0.1, 0.15) is 24.8 Å². The molecule has 1 N–H and O–H groups in total. The van der Waals surface area contributed by atoms with Crippen molar-refractivity contribution in [3.8, 4) is 0 Å². The second kappa shape index (κ2) is 6.92. The van der Waals surface area contributed by atoms with E-state index in [1.54, 1.807) is 6.07 Å². The molecule has 1 rings (SSSR count). The standard InChI is InChI=1S/C12H15BrClNO/c1-9-8-10(14)5-6-11(9)15-12(16)4-2-3-7-13/h5-6,8H,2-4,7H2,1H3,(H,15,16). The molecule has 0 aliphatic rings. The molecule has 0 aliphatic heterocycles. The second-order valence-electron chi connectivity index (χ2n) is 3.65.